The molecular weight excluding hydrogens is 264 g/mol. The molecule has 1 aliphatic heterocycles. The highest BCUT2D eigenvalue weighted by Gasteiger charge is 2.25. The number of anilines is 2. The zero-order valence-corrected chi connectivity index (χ0v) is 12.6. The van der Waals surface area contributed by atoms with Crippen molar-refractivity contribution in [2.24, 2.45) is 0 Å². The van der Waals surface area contributed by atoms with Crippen molar-refractivity contribution in [1.29, 1.82) is 0 Å². The Bertz CT molecular complexity index is 669. The molecule has 21 heavy (non-hydrogen) atoms. The Kier molecular flexibility index (Phi) is 3.41. The van der Waals surface area contributed by atoms with E-state index in [9.17, 15) is 0 Å². The summed E-state index contributed by atoms with van der Waals surface area (Å²) in [4.78, 5) is 8.96. The Labute approximate surface area is 124 Å². The molecule has 3 N–H and O–H groups in total. The van der Waals surface area contributed by atoms with Crippen LogP contribution in [0.1, 0.15) is 42.8 Å². The second-order valence-corrected chi connectivity index (χ2v) is 5.64. The average Bonchev–Trinajstić information content (AvgIpc) is 2.87. The van der Waals surface area contributed by atoms with E-state index in [0.717, 1.165) is 28.5 Å². The standard InChI is InChI=1S/C16H20N4O/c1-9(2)15-19-14(17)10(3)16(20-15)18-12-8-21-13-7-5-4-6-11(12)13/h4-7,9,12H,8H2,1-3H3,(H3,17,18,19,20). The van der Waals surface area contributed by atoms with Gasteiger partial charge >= 0.3 is 0 Å². The number of nitrogens with two attached hydrogens (primary N) is 1. The van der Waals surface area contributed by atoms with Gasteiger partial charge in [-0.25, -0.2) is 9.97 Å². The summed E-state index contributed by atoms with van der Waals surface area (Å²) in [6, 6.07) is 8.14. The first kappa shape index (κ1) is 13.7. The van der Waals surface area contributed by atoms with E-state index in [0.29, 0.717) is 12.4 Å². The maximum absolute atomic E-state index is 6.01. The van der Waals surface area contributed by atoms with Crippen molar-refractivity contribution in [2.45, 2.75) is 32.7 Å². The summed E-state index contributed by atoms with van der Waals surface area (Å²) in [5.74, 6) is 3.24. The maximum Gasteiger partial charge on any atom is 0.135 e. The van der Waals surface area contributed by atoms with Crippen molar-refractivity contribution in [3.63, 3.8) is 0 Å². The predicted molar refractivity (Wildman–Crippen MR) is 83.6 cm³/mol. The van der Waals surface area contributed by atoms with Crippen LogP contribution < -0.4 is 15.8 Å². The molecule has 0 spiro atoms. The fraction of sp³-hybridized carbons (Fsp3) is 0.375. The molecule has 0 saturated carbocycles. The number of rotatable bonds is 3. The lowest BCUT2D eigenvalue weighted by atomic mass is 10.1. The molecule has 1 aliphatic rings. The third-order valence-corrected chi connectivity index (χ3v) is 3.73. The van der Waals surface area contributed by atoms with Crippen molar-refractivity contribution < 1.29 is 4.74 Å². The molecule has 0 bridgehead atoms. The summed E-state index contributed by atoms with van der Waals surface area (Å²) in [6.07, 6.45) is 0. The number of aromatic nitrogens is 2. The lowest BCUT2D eigenvalue weighted by Crippen LogP contribution is -2.16. The second-order valence-electron chi connectivity index (χ2n) is 5.64. The van der Waals surface area contributed by atoms with Gasteiger partial charge in [-0.2, -0.15) is 0 Å². The molecule has 2 heterocycles. The van der Waals surface area contributed by atoms with Gasteiger partial charge in [0.2, 0.25) is 0 Å². The Morgan fingerprint density at radius 3 is 2.81 bits per heavy atom. The van der Waals surface area contributed by atoms with Gasteiger partial charge in [-0.3, -0.25) is 0 Å². The van der Waals surface area contributed by atoms with Gasteiger partial charge in [-0.1, -0.05) is 32.0 Å². The summed E-state index contributed by atoms with van der Waals surface area (Å²) in [6.45, 7) is 6.65. The van der Waals surface area contributed by atoms with Crippen LogP contribution in [0.5, 0.6) is 5.75 Å². The average molecular weight is 284 g/mol. The van der Waals surface area contributed by atoms with Crippen molar-refractivity contribution in [1.82, 2.24) is 9.97 Å². The summed E-state index contributed by atoms with van der Waals surface area (Å²) in [7, 11) is 0. The van der Waals surface area contributed by atoms with Gasteiger partial charge in [-0.05, 0) is 13.0 Å². The molecule has 0 radical (unpaired) electrons. The number of nitrogens with one attached hydrogen (secondary N) is 1. The zero-order chi connectivity index (χ0) is 15.0. The quantitative estimate of drug-likeness (QED) is 0.906. The Morgan fingerprint density at radius 1 is 1.29 bits per heavy atom. The molecular formula is C16H20N4O. The minimum atomic E-state index is 0.0919. The molecule has 5 nitrogen and oxygen atoms in total. The molecule has 110 valence electrons. The van der Waals surface area contributed by atoms with Crippen LogP contribution in [-0.2, 0) is 0 Å². The molecule has 1 aromatic heterocycles. The topological polar surface area (TPSA) is 73.1 Å². The molecule has 0 amide bonds. The molecule has 1 aromatic carbocycles. The fourth-order valence-electron chi connectivity index (χ4n) is 2.40. The third kappa shape index (κ3) is 2.51. The predicted octanol–water partition coefficient (Wildman–Crippen LogP) is 3.04. The zero-order valence-electron chi connectivity index (χ0n) is 12.6. The van der Waals surface area contributed by atoms with Crippen LogP contribution in [0.25, 0.3) is 0 Å². The number of hydrogen-bond donors (Lipinski definition) is 2. The first-order valence-corrected chi connectivity index (χ1v) is 7.18. The van der Waals surface area contributed by atoms with Gasteiger partial charge in [0, 0.05) is 17.0 Å². The van der Waals surface area contributed by atoms with Gasteiger partial charge in [0.05, 0.1) is 6.04 Å². The van der Waals surface area contributed by atoms with Crippen LogP contribution in [0, 0.1) is 6.92 Å². The van der Waals surface area contributed by atoms with E-state index in [-0.39, 0.29) is 12.0 Å². The monoisotopic (exact) mass is 284 g/mol. The maximum atomic E-state index is 6.01. The normalized spacial score (nSPS) is 16.7. The number of nitrogen functional groups attached to an aromatic ring is 1. The molecule has 2 aromatic rings. The molecule has 0 aliphatic carbocycles. The summed E-state index contributed by atoms with van der Waals surface area (Å²) in [5, 5.41) is 3.45. The fourth-order valence-corrected chi connectivity index (χ4v) is 2.40. The van der Waals surface area contributed by atoms with Crippen LogP contribution in [0.2, 0.25) is 0 Å². The van der Waals surface area contributed by atoms with Crippen LogP contribution in [0.3, 0.4) is 0 Å². The van der Waals surface area contributed by atoms with Crippen molar-refractivity contribution >= 4 is 11.6 Å². The third-order valence-electron chi connectivity index (χ3n) is 3.73. The van der Waals surface area contributed by atoms with E-state index in [1.165, 1.54) is 0 Å². The van der Waals surface area contributed by atoms with Gasteiger partial charge in [0.1, 0.15) is 29.8 Å². The number of para-hydroxylation sites is 1. The SMILES string of the molecule is Cc1c(N)nc(C(C)C)nc1NC1COc2ccccc21. The van der Waals surface area contributed by atoms with E-state index in [1.807, 2.05) is 25.1 Å². The number of hydrogen-bond acceptors (Lipinski definition) is 5. The minimum absolute atomic E-state index is 0.0919. The number of fused-ring (bicyclic) bond motifs is 1. The Balaban J connectivity index is 1.92. The largest absolute Gasteiger partial charge is 0.491 e. The van der Waals surface area contributed by atoms with Crippen LogP contribution in [0.4, 0.5) is 11.6 Å². The van der Waals surface area contributed by atoms with Crippen molar-refractivity contribution in [3.8, 4) is 5.75 Å². The molecule has 3 rings (SSSR count). The van der Waals surface area contributed by atoms with E-state index >= 15 is 0 Å². The van der Waals surface area contributed by atoms with E-state index < -0.39 is 0 Å². The minimum Gasteiger partial charge on any atom is -0.491 e. The lowest BCUT2D eigenvalue weighted by molar-refractivity contribution is 0.339. The number of benzene rings is 1. The smallest absolute Gasteiger partial charge is 0.135 e. The lowest BCUT2D eigenvalue weighted by Gasteiger charge is -2.17. The van der Waals surface area contributed by atoms with E-state index in [1.54, 1.807) is 0 Å². The molecule has 0 fully saturated rings. The van der Waals surface area contributed by atoms with Crippen molar-refractivity contribution in [3.05, 3.63) is 41.2 Å². The highest BCUT2D eigenvalue weighted by atomic mass is 16.5. The molecule has 1 atom stereocenters. The summed E-state index contributed by atoms with van der Waals surface area (Å²) in [5.41, 5.74) is 8.04. The molecule has 5 heteroatoms. The van der Waals surface area contributed by atoms with Crippen molar-refractivity contribution in [2.75, 3.05) is 17.7 Å². The van der Waals surface area contributed by atoms with Gasteiger partial charge in [0.15, 0.2) is 0 Å². The Hall–Kier alpha value is -2.30. The Morgan fingerprint density at radius 2 is 2.05 bits per heavy atom. The van der Waals surface area contributed by atoms with Gasteiger partial charge in [0.25, 0.3) is 0 Å². The van der Waals surface area contributed by atoms with E-state index in [2.05, 4.69) is 35.2 Å². The summed E-state index contributed by atoms with van der Waals surface area (Å²) < 4.78 is 5.69. The van der Waals surface area contributed by atoms with Crippen LogP contribution in [-0.4, -0.2) is 16.6 Å². The summed E-state index contributed by atoms with van der Waals surface area (Å²) >= 11 is 0. The van der Waals surface area contributed by atoms with Gasteiger partial charge in [-0.15, -0.1) is 0 Å². The highest BCUT2D eigenvalue weighted by Crippen LogP contribution is 2.34. The molecule has 1 unspecified atom stereocenters. The number of nitrogens with zero attached hydrogens (tertiary/aromatic N) is 2. The van der Waals surface area contributed by atoms with Crippen LogP contribution in [0.15, 0.2) is 24.3 Å². The van der Waals surface area contributed by atoms with E-state index in [4.69, 9.17) is 10.5 Å². The highest BCUT2D eigenvalue weighted by molar-refractivity contribution is 5.57. The number of ether oxygens (including phenoxy) is 1. The van der Waals surface area contributed by atoms with Gasteiger partial charge < -0.3 is 15.8 Å². The molecule has 0 saturated heterocycles. The first-order valence-electron chi connectivity index (χ1n) is 7.18. The first-order chi connectivity index (χ1) is 10.1. The van der Waals surface area contributed by atoms with Crippen LogP contribution >= 0.6 is 0 Å². The second kappa shape index (κ2) is 5.24.